The summed E-state index contributed by atoms with van der Waals surface area (Å²) in [5, 5.41) is 17.7. The SMILES string of the molecule is COCC(O)CN(C)c1cccc(Cl)c1C(=N)N. The van der Waals surface area contributed by atoms with Crippen LogP contribution in [-0.2, 0) is 4.74 Å². The lowest BCUT2D eigenvalue weighted by molar-refractivity contribution is 0.0695. The minimum atomic E-state index is -0.612. The third-order valence-corrected chi connectivity index (χ3v) is 2.83. The Labute approximate surface area is 112 Å². The van der Waals surface area contributed by atoms with Crippen LogP contribution in [0.5, 0.6) is 0 Å². The number of amidine groups is 1. The molecule has 1 aromatic rings. The zero-order valence-electron chi connectivity index (χ0n) is 10.5. The number of nitrogens with zero attached hydrogens (tertiary/aromatic N) is 1. The summed E-state index contributed by atoms with van der Waals surface area (Å²) in [6, 6.07) is 5.27. The summed E-state index contributed by atoms with van der Waals surface area (Å²) in [7, 11) is 3.33. The summed E-state index contributed by atoms with van der Waals surface area (Å²) in [5.74, 6) is -0.0938. The van der Waals surface area contributed by atoms with E-state index in [1.165, 1.54) is 7.11 Å². The van der Waals surface area contributed by atoms with Gasteiger partial charge in [0.15, 0.2) is 0 Å². The van der Waals surface area contributed by atoms with Gasteiger partial charge in [-0.2, -0.15) is 0 Å². The van der Waals surface area contributed by atoms with Gasteiger partial charge in [-0.15, -0.1) is 0 Å². The molecule has 0 aliphatic rings. The minimum Gasteiger partial charge on any atom is -0.389 e. The first-order valence-corrected chi connectivity index (χ1v) is 5.86. The third-order valence-electron chi connectivity index (χ3n) is 2.52. The van der Waals surface area contributed by atoms with Crippen LogP contribution in [0.1, 0.15) is 5.56 Å². The fourth-order valence-electron chi connectivity index (χ4n) is 1.76. The van der Waals surface area contributed by atoms with E-state index in [1.54, 1.807) is 24.1 Å². The quantitative estimate of drug-likeness (QED) is 0.534. The molecule has 0 radical (unpaired) electrons. The molecule has 1 aromatic carbocycles. The van der Waals surface area contributed by atoms with Gasteiger partial charge in [-0.3, -0.25) is 5.41 Å². The van der Waals surface area contributed by atoms with Gasteiger partial charge in [-0.05, 0) is 12.1 Å². The molecule has 0 fully saturated rings. The molecule has 0 bridgehead atoms. The lowest BCUT2D eigenvalue weighted by Gasteiger charge is -2.25. The van der Waals surface area contributed by atoms with Gasteiger partial charge < -0.3 is 20.5 Å². The molecule has 0 saturated heterocycles. The molecule has 0 aromatic heterocycles. The van der Waals surface area contributed by atoms with Gasteiger partial charge in [0.2, 0.25) is 0 Å². The second-order valence-electron chi connectivity index (χ2n) is 4.04. The number of nitrogens with one attached hydrogen (secondary N) is 1. The topological polar surface area (TPSA) is 82.6 Å². The van der Waals surface area contributed by atoms with Crippen molar-refractivity contribution in [2.45, 2.75) is 6.10 Å². The van der Waals surface area contributed by atoms with Gasteiger partial charge >= 0.3 is 0 Å². The van der Waals surface area contributed by atoms with E-state index in [2.05, 4.69) is 0 Å². The predicted molar refractivity (Wildman–Crippen MR) is 73.6 cm³/mol. The van der Waals surface area contributed by atoms with E-state index in [4.69, 9.17) is 27.5 Å². The maximum Gasteiger partial charge on any atom is 0.126 e. The van der Waals surface area contributed by atoms with Crippen LogP contribution in [0.2, 0.25) is 5.02 Å². The van der Waals surface area contributed by atoms with Crippen LogP contribution in [0, 0.1) is 5.41 Å². The number of ether oxygens (including phenoxy) is 1. The Morgan fingerprint density at radius 2 is 2.28 bits per heavy atom. The van der Waals surface area contributed by atoms with Gasteiger partial charge in [0.05, 0.1) is 23.3 Å². The van der Waals surface area contributed by atoms with E-state index < -0.39 is 6.10 Å². The number of methoxy groups -OCH3 is 1. The number of anilines is 1. The summed E-state index contributed by atoms with van der Waals surface area (Å²) in [6.07, 6.45) is -0.612. The Morgan fingerprint density at radius 1 is 1.61 bits per heavy atom. The number of likely N-dealkylation sites (N-methyl/N-ethyl adjacent to an activating group) is 1. The van der Waals surface area contributed by atoms with E-state index in [0.717, 1.165) is 0 Å². The molecular weight excluding hydrogens is 254 g/mol. The van der Waals surface area contributed by atoms with Gasteiger partial charge in [0.25, 0.3) is 0 Å². The van der Waals surface area contributed by atoms with Crippen LogP contribution in [-0.4, -0.2) is 44.4 Å². The monoisotopic (exact) mass is 271 g/mol. The number of nitrogen functional groups attached to an aromatic ring is 1. The van der Waals surface area contributed by atoms with Gasteiger partial charge in [0, 0.05) is 26.4 Å². The molecule has 100 valence electrons. The largest absolute Gasteiger partial charge is 0.389 e. The van der Waals surface area contributed by atoms with Crippen LogP contribution >= 0.6 is 11.6 Å². The number of halogens is 1. The van der Waals surface area contributed by atoms with Crippen molar-refractivity contribution in [3.63, 3.8) is 0 Å². The third kappa shape index (κ3) is 3.60. The molecule has 4 N–H and O–H groups in total. The van der Waals surface area contributed by atoms with Crippen LogP contribution < -0.4 is 10.6 Å². The van der Waals surface area contributed by atoms with Crippen LogP contribution in [0.15, 0.2) is 18.2 Å². The summed E-state index contributed by atoms with van der Waals surface area (Å²) in [5.41, 5.74) is 6.72. The normalized spacial score (nSPS) is 12.2. The first-order chi connectivity index (χ1) is 8.47. The Hall–Kier alpha value is -1.30. The minimum absolute atomic E-state index is 0.0938. The molecule has 0 aliphatic heterocycles. The Balaban J connectivity index is 2.95. The smallest absolute Gasteiger partial charge is 0.126 e. The average molecular weight is 272 g/mol. The predicted octanol–water partition coefficient (Wildman–Crippen LogP) is 1.07. The zero-order chi connectivity index (χ0) is 13.7. The lowest BCUT2D eigenvalue weighted by Crippen LogP contribution is -2.33. The Bertz CT molecular complexity index is 426. The van der Waals surface area contributed by atoms with Crippen molar-refractivity contribution in [1.29, 1.82) is 5.41 Å². The van der Waals surface area contributed by atoms with E-state index in [9.17, 15) is 5.11 Å². The molecule has 0 heterocycles. The molecule has 0 spiro atoms. The van der Waals surface area contributed by atoms with Crippen molar-refractivity contribution in [2.24, 2.45) is 5.73 Å². The van der Waals surface area contributed by atoms with Crippen LogP contribution in [0.3, 0.4) is 0 Å². The second kappa shape index (κ2) is 6.58. The maximum atomic E-state index is 9.70. The highest BCUT2D eigenvalue weighted by molar-refractivity contribution is 6.34. The van der Waals surface area contributed by atoms with Crippen LogP contribution in [0.25, 0.3) is 0 Å². The summed E-state index contributed by atoms with van der Waals surface area (Å²) >= 11 is 6.03. The lowest BCUT2D eigenvalue weighted by atomic mass is 10.1. The second-order valence-corrected chi connectivity index (χ2v) is 4.44. The van der Waals surface area contributed by atoms with Crippen LogP contribution in [0.4, 0.5) is 5.69 Å². The molecule has 1 atom stereocenters. The molecule has 1 rings (SSSR count). The summed E-state index contributed by atoms with van der Waals surface area (Å²) in [6.45, 7) is 0.620. The molecular formula is C12H18ClN3O2. The zero-order valence-corrected chi connectivity index (χ0v) is 11.2. The molecule has 5 nitrogen and oxygen atoms in total. The molecule has 6 heteroatoms. The maximum absolute atomic E-state index is 9.70. The van der Waals surface area contributed by atoms with Crippen molar-refractivity contribution >= 4 is 23.1 Å². The highest BCUT2D eigenvalue weighted by Gasteiger charge is 2.15. The Kier molecular flexibility index (Phi) is 5.40. The van der Waals surface area contributed by atoms with Crippen molar-refractivity contribution < 1.29 is 9.84 Å². The number of rotatable bonds is 6. The molecule has 18 heavy (non-hydrogen) atoms. The fraction of sp³-hybridized carbons (Fsp3) is 0.417. The van der Waals surface area contributed by atoms with E-state index in [0.29, 0.717) is 22.8 Å². The highest BCUT2D eigenvalue weighted by atomic mass is 35.5. The average Bonchev–Trinajstić information content (AvgIpc) is 2.28. The standard InChI is InChI=1S/C12H18ClN3O2/c1-16(6-8(17)7-18-2)10-5-3-4-9(13)11(10)12(14)15/h3-5,8,17H,6-7H2,1-2H3,(H3,14,15). The molecule has 0 aliphatic carbocycles. The molecule has 1 unspecified atom stereocenters. The van der Waals surface area contributed by atoms with E-state index in [1.807, 2.05) is 6.07 Å². The number of aliphatic hydroxyl groups excluding tert-OH is 1. The fourth-order valence-corrected chi connectivity index (χ4v) is 2.03. The first kappa shape index (κ1) is 14.8. The molecule has 0 amide bonds. The number of aliphatic hydroxyl groups is 1. The summed E-state index contributed by atoms with van der Waals surface area (Å²) < 4.78 is 4.87. The van der Waals surface area contributed by atoms with Crippen molar-refractivity contribution in [3.8, 4) is 0 Å². The van der Waals surface area contributed by atoms with Gasteiger partial charge in [0.1, 0.15) is 5.84 Å². The number of nitrogens with two attached hydrogens (primary N) is 1. The number of benzene rings is 1. The van der Waals surface area contributed by atoms with Crippen molar-refractivity contribution in [1.82, 2.24) is 0 Å². The number of hydrogen-bond acceptors (Lipinski definition) is 4. The summed E-state index contributed by atoms with van der Waals surface area (Å²) in [4.78, 5) is 1.80. The van der Waals surface area contributed by atoms with Gasteiger partial charge in [-0.25, -0.2) is 0 Å². The van der Waals surface area contributed by atoms with E-state index in [-0.39, 0.29) is 12.4 Å². The van der Waals surface area contributed by atoms with Crippen molar-refractivity contribution in [2.75, 3.05) is 32.2 Å². The highest BCUT2D eigenvalue weighted by Crippen LogP contribution is 2.26. The van der Waals surface area contributed by atoms with Gasteiger partial charge in [-0.1, -0.05) is 17.7 Å². The first-order valence-electron chi connectivity index (χ1n) is 5.48. The molecule has 0 saturated carbocycles. The van der Waals surface area contributed by atoms with E-state index >= 15 is 0 Å². The number of hydrogen-bond donors (Lipinski definition) is 3. The van der Waals surface area contributed by atoms with Crippen molar-refractivity contribution in [3.05, 3.63) is 28.8 Å². The Morgan fingerprint density at radius 3 is 2.83 bits per heavy atom.